The zero-order chi connectivity index (χ0) is 10.7. The maximum atomic E-state index is 11.6. The molecule has 2 heterocycles. The van der Waals surface area contributed by atoms with E-state index in [1.54, 1.807) is 17.3 Å². The molecule has 1 aliphatic heterocycles. The van der Waals surface area contributed by atoms with Gasteiger partial charge in [0.2, 0.25) is 0 Å². The van der Waals surface area contributed by atoms with Crippen LogP contribution in [0.2, 0.25) is 0 Å². The summed E-state index contributed by atoms with van der Waals surface area (Å²) in [6, 6.07) is 0. The molecule has 0 aliphatic carbocycles. The summed E-state index contributed by atoms with van der Waals surface area (Å²) in [5.41, 5.74) is 0. The Bertz CT molecular complexity index is 351. The Balaban J connectivity index is 1.91. The Hall–Kier alpha value is -0.440. The molecule has 1 fully saturated rings. The van der Waals surface area contributed by atoms with E-state index in [2.05, 4.69) is 27.7 Å². The zero-order valence-electron chi connectivity index (χ0n) is 7.93. The van der Waals surface area contributed by atoms with Crippen molar-refractivity contribution < 1.29 is 9.63 Å². The first-order valence-corrected chi connectivity index (χ1v) is 6.74. The molecule has 1 aromatic rings. The van der Waals surface area contributed by atoms with Crippen molar-refractivity contribution in [2.24, 2.45) is 0 Å². The number of thioether (sulfide) groups is 1. The van der Waals surface area contributed by atoms with Crippen LogP contribution in [0.15, 0.2) is 12.4 Å². The van der Waals surface area contributed by atoms with Gasteiger partial charge in [0.05, 0.1) is 16.0 Å². The van der Waals surface area contributed by atoms with Gasteiger partial charge in [0.1, 0.15) is 0 Å². The number of hydrogen-bond donors (Lipinski definition) is 0. The lowest BCUT2D eigenvalue weighted by Gasteiger charge is -2.24. The van der Waals surface area contributed by atoms with Crippen LogP contribution < -0.4 is 4.84 Å². The molecule has 0 aromatic carbocycles. The Kier molecular flexibility index (Phi) is 3.73. The molecule has 1 aromatic heterocycles. The maximum Gasteiger partial charge on any atom is 0.435 e. The second-order valence-corrected chi connectivity index (χ2v) is 5.49. The lowest BCUT2D eigenvalue weighted by molar-refractivity contribution is 0.0815. The molecule has 82 valence electrons. The fourth-order valence-electron chi connectivity index (χ4n) is 1.22. The van der Waals surface area contributed by atoms with Gasteiger partial charge in [-0.3, -0.25) is 4.84 Å². The highest BCUT2D eigenvalue weighted by molar-refractivity contribution is 14.1. The maximum absolute atomic E-state index is 11.6. The van der Waals surface area contributed by atoms with Gasteiger partial charge >= 0.3 is 6.09 Å². The molecule has 0 unspecified atom stereocenters. The van der Waals surface area contributed by atoms with E-state index < -0.39 is 0 Å². The summed E-state index contributed by atoms with van der Waals surface area (Å²) in [6.45, 7) is 1.50. The van der Waals surface area contributed by atoms with Crippen LogP contribution in [0.25, 0.3) is 0 Å². The van der Waals surface area contributed by atoms with Gasteiger partial charge in [-0.25, -0.2) is 4.79 Å². The molecule has 0 N–H and O–H groups in total. The van der Waals surface area contributed by atoms with Crippen molar-refractivity contribution in [3.8, 4) is 0 Å². The summed E-state index contributed by atoms with van der Waals surface area (Å²) in [4.78, 5) is 19.6. The summed E-state index contributed by atoms with van der Waals surface area (Å²) in [7, 11) is 0. The van der Waals surface area contributed by atoms with E-state index in [0.717, 1.165) is 28.2 Å². The summed E-state index contributed by atoms with van der Waals surface area (Å²) in [6.07, 6.45) is 2.98. The Morgan fingerprint density at radius 2 is 2.27 bits per heavy atom. The smallest absolute Gasteiger partial charge is 0.305 e. The molecule has 15 heavy (non-hydrogen) atoms. The predicted molar refractivity (Wildman–Crippen MR) is 65.8 cm³/mol. The van der Waals surface area contributed by atoms with Crippen molar-refractivity contribution in [1.82, 2.24) is 14.8 Å². The van der Waals surface area contributed by atoms with Crippen molar-refractivity contribution in [2.75, 3.05) is 24.6 Å². The number of rotatable bonds is 1. The molecular formula is C8H10IN3O2S. The standard InChI is InChI=1S/C8H10IN3O2S/c9-7-5-10-12(6-7)14-8(13)11-1-3-15-4-2-11/h5-6H,1-4H2. The lowest BCUT2D eigenvalue weighted by Crippen LogP contribution is -2.42. The van der Waals surface area contributed by atoms with Crippen LogP contribution in [0.1, 0.15) is 0 Å². The number of nitrogens with zero attached hydrogens (tertiary/aromatic N) is 3. The zero-order valence-corrected chi connectivity index (χ0v) is 10.9. The van der Waals surface area contributed by atoms with Crippen LogP contribution in [0, 0.1) is 3.57 Å². The topological polar surface area (TPSA) is 47.4 Å². The molecule has 0 spiro atoms. The first-order valence-electron chi connectivity index (χ1n) is 4.51. The predicted octanol–water partition coefficient (Wildman–Crippen LogP) is 1.09. The third-order valence-electron chi connectivity index (χ3n) is 1.97. The minimum absolute atomic E-state index is 0.324. The number of carbonyl (C=O) groups excluding carboxylic acids is 1. The normalized spacial score (nSPS) is 16.5. The van der Waals surface area contributed by atoms with Crippen molar-refractivity contribution in [3.05, 3.63) is 16.0 Å². The summed E-state index contributed by atoms with van der Waals surface area (Å²) in [5.74, 6) is 1.96. The molecule has 0 saturated carbocycles. The van der Waals surface area contributed by atoms with Crippen LogP contribution in [0.3, 0.4) is 0 Å². The first-order chi connectivity index (χ1) is 7.25. The number of aromatic nitrogens is 2. The highest BCUT2D eigenvalue weighted by Gasteiger charge is 2.18. The molecule has 2 rings (SSSR count). The fourth-order valence-corrected chi connectivity index (χ4v) is 2.48. The SMILES string of the molecule is O=C(On1cc(I)cn1)N1CCSCC1. The van der Waals surface area contributed by atoms with Crippen LogP contribution >= 0.6 is 34.4 Å². The minimum Gasteiger partial charge on any atom is -0.305 e. The van der Waals surface area contributed by atoms with Gasteiger partial charge in [-0.2, -0.15) is 11.8 Å². The molecule has 1 aliphatic rings. The monoisotopic (exact) mass is 339 g/mol. The van der Waals surface area contributed by atoms with E-state index in [1.807, 2.05) is 11.8 Å². The number of amides is 1. The summed E-state index contributed by atoms with van der Waals surface area (Å²) < 4.78 is 0.939. The van der Waals surface area contributed by atoms with E-state index in [1.165, 1.54) is 4.85 Å². The van der Waals surface area contributed by atoms with Gasteiger partial charge in [0, 0.05) is 24.6 Å². The van der Waals surface area contributed by atoms with Crippen LogP contribution in [-0.4, -0.2) is 45.5 Å². The first kappa shape index (κ1) is 11.1. The Morgan fingerprint density at radius 1 is 1.53 bits per heavy atom. The second kappa shape index (κ2) is 5.06. The number of carbonyl (C=O) groups is 1. The third kappa shape index (κ3) is 3.00. The van der Waals surface area contributed by atoms with Crippen LogP contribution in [-0.2, 0) is 0 Å². The summed E-state index contributed by atoms with van der Waals surface area (Å²) in [5, 5.41) is 3.88. The van der Waals surface area contributed by atoms with Crippen LogP contribution in [0.4, 0.5) is 4.79 Å². The van der Waals surface area contributed by atoms with Gasteiger partial charge in [0.25, 0.3) is 0 Å². The van der Waals surface area contributed by atoms with Crippen molar-refractivity contribution in [2.45, 2.75) is 0 Å². The van der Waals surface area contributed by atoms with Gasteiger partial charge in [-0.1, -0.05) is 4.85 Å². The van der Waals surface area contributed by atoms with Crippen molar-refractivity contribution in [3.63, 3.8) is 0 Å². The van der Waals surface area contributed by atoms with Crippen molar-refractivity contribution >= 4 is 40.4 Å². The molecule has 1 amide bonds. The Morgan fingerprint density at radius 3 is 2.87 bits per heavy atom. The number of halogens is 1. The van der Waals surface area contributed by atoms with Crippen LogP contribution in [0.5, 0.6) is 0 Å². The van der Waals surface area contributed by atoms with E-state index in [-0.39, 0.29) is 6.09 Å². The molecule has 7 heteroatoms. The molecule has 0 radical (unpaired) electrons. The van der Waals surface area contributed by atoms with Gasteiger partial charge < -0.3 is 4.90 Å². The fraction of sp³-hybridized carbons (Fsp3) is 0.500. The van der Waals surface area contributed by atoms with Crippen molar-refractivity contribution in [1.29, 1.82) is 0 Å². The number of hydrogen-bond acceptors (Lipinski definition) is 4. The average Bonchev–Trinajstić information content (AvgIpc) is 2.65. The van der Waals surface area contributed by atoms with E-state index in [9.17, 15) is 4.79 Å². The largest absolute Gasteiger partial charge is 0.435 e. The minimum atomic E-state index is -0.324. The molecular weight excluding hydrogens is 329 g/mol. The van der Waals surface area contributed by atoms with E-state index in [4.69, 9.17) is 4.84 Å². The lowest BCUT2D eigenvalue weighted by atomic mass is 10.5. The summed E-state index contributed by atoms with van der Waals surface area (Å²) >= 11 is 3.96. The molecule has 5 nitrogen and oxygen atoms in total. The molecule has 0 atom stereocenters. The second-order valence-electron chi connectivity index (χ2n) is 3.02. The quantitative estimate of drug-likeness (QED) is 0.719. The molecule has 0 bridgehead atoms. The van der Waals surface area contributed by atoms with Gasteiger partial charge in [0.15, 0.2) is 0 Å². The molecule has 1 saturated heterocycles. The van der Waals surface area contributed by atoms with Gasteiger partial charge in [-0.15, -0.1) is 5.10 Å². The highest BCUT2D eigenvalue weighted by atomic mass is 127. The highest BCUT2D eigenvalue weighted by Crippen LogP contribution is 2.09. The van der Waals surface area contributed by atoms with Gasteiger partial charge in [-0.05, 0) is 22.6 Å². The Labute approximate surface area is 105 Å². The van der Waals surface area contributed by atoms with E-state index >= 15 is 0 Å². The average molecular weight is 339 g/mol. The van der Waals surface area contributed by atoms with E-state index in [0.29, 0.717) is 0 Å². The third-order valence-corrected chi connectivity index (χ3v) is 3.47.